The summed E-state index contributed by atoms with van der Waals surface area (Å²) in [4.78, 5) is 52.8. The molecule has 0 radical (unpaired) electrons. The van der Waals surface area contributed by atoms with Crippen LogP contribution in [0.2, 0.25) is 0 Å². The number of thioether (sulfide) groups is 1. The Hall–Kier alpha value is -5.79. The number of hydrogen-bond acceptors (Lipinski definition) is 14. The molecule has 6 aromatic rings. The smallest absolute Gasteiger partial charge is 0.293 e. The van der Waals surface area contributed by atoms with Gasteiger partial charge in [-0.2, -0.15) is 0 Å². The molecule has 18 heteroatoms. The number of hydrogen-bond donors (Lipinski definition) is 2. The maximum atomic E-state index is 13.8. The highest BCUT2D eigenvalue weighted by Crippen LogP contribution is 2.32. The van der Waals surface area contributed by atoms with Crippen LogP contribution < -0.4 is 15.5 Å². The number of benzene rings is 4. The molecular formula is C44H42FN7O7S3. The molecule has 1 atom stereocenters. The molecule has 320 valence electrons. The lowest BCUT2D eigenvalue weighted by Crippen LogP contribution is -2.39. The van der Waals surface area contributed by atoms with Gasteiger partial charge < -0.3 is 15.0 Å². The number of carbonyl (C=O) groups is 2. The molecule has 14 nitrogen and oxygen atoms in total. The Labute approximate surface area is 365 Å². The van der Waals surface area contributed by atoms with E-state index in [1.54, 1.807) is 36.0 Å². The number of amides is 1. The van der Waals surface area contributed by atoms with E-state index in [0.717, 1.165) is 41.7 Å². The van der Waals surface area contributed by atoms with Crippen LogP contribution in [-0.2, 0) is 27.5 Å². The number of rotatable bonds is 16. The van der Waals surface area contributed by atoms with Gasteiger partial charge in [-0.05, 0) is 84.6 Å². The number of thiazole rings is 1. The number of nitrogens with zero attached hydrogens (tertiary/aromatic N) is 5. The topological polar surface area (TPSA) is 177 Å². The van der Waals surface area contributed by atoms with Crippen LogP contribution in [0.3, 0.4) is 0 Å². The molecule has 1 amide bonds. The summed E-state index contributed by atoms with van der Waals surface area (Å²) >= 11 is 2.80. The van der Waals surface area contributed by atoms with Crippen molar-refractivity contribution < 1.29 is 32.1 Å². The highest BCUT2D eigenvalue weighted by atomic mass is 32.2. The zero-order chi connectivity index (χ0) is 43.2. The first-order valence-electron chi connectivity index (χ1n) is 20.0. The summed E-state index contributed by atoms with van der Waals surface area (Å²) in [6.07, 6.45) is 1.27. The fraction of sp³-hybridized carbons (Fsp3) is 0.273. The van der Waals surface area contributed by atoms with Crippen molar-refractivity contribution in [2.24, 2.45) is 0 Å². The van der Waals surface area contributed by atoms with E-state index >= 15 is 0 Å². The molecule has 2 aliphatic rings. The molecule has 0 bridgehead atoms. The molecule has 1 saturated heterocycles. The van der Waals surface area contributed by atoms with E-state index in [9.17, 15) is 32.5 Å². The van der Waals surface area contributed by atoms with Crippen LogP contribution in [0, 0.1) is 15.9 Å². The molecular weight excluding hydrogens is 854 g/mol. The molecule has 1 fully saturated rings. The van der Waals surface area contributed by atoms with Crippen molar-refractivity contribution in [3.8, 4) is 0 Å². The summed E-state index contributed by atoms with van der Waals surface area (Å²) in [5, 5.41) is 18.9. The monoisotopic (exact) mass is 895 g/mol. The lowest BCUT2D eigenvalue weighted by atomic mass is 9.94. The zero-order valence-corrected chi connectivity index (χ0v) is 35.8. The third-order valence-electron chi connectivity index (χ3n) is 10.7. The van der Waals surface area contributed by atoms with Gasteiger partial charge in [0.25, 0.3) is 11.6 Å². The minimum atomic E-state index is -4.33. The molecule has 4 aromatic carbocycles. The second-order valence-corrected chi connectivity index (χ2v) is 19.0. The number of Topliss-reactive ketones (excluding diaryl/α,β-unsaturated/α-hetero) is 1. The van der Waals surface area contributed by atoms with E-state index in [4.69, 9.17) is 4.74 Å². The number of pyridine rings is 1. The highest BCUT2D eigenvalue weighted by molar-refractivity contribution is 7.99. The number of anilines is 3. The van der Waals surface area contributed by atoms with Gasteiger partial charge in [-0.25, -0.2) is 22.8 Å². The summed E-state index contributed by atoms with van der Waals surface area (Å²) < 4.78 is 47.3. The van der Waals surface area contributed by atoms with Gasteiger partial charge in [0.2, 0.25) is 0 Å². The van der Waals surface area contributed by atoms with Crippen LogP contribution >= 0.6 is 23.1 Å². The standard InChI is InChI=1S/C44H42FN7O7S3/c45-30-12-14-38-41(24-30)61-44(48-38)49-43(54)34-9-4-6-29-16-19-51(26-35(29)34)42-11-5-10-37(47-42)40(53)28-62(57,58)33-13-15-36(39(25-33)52(55)56)46-31(17-18-50-20-22-59-23-21-50)27-60-32-7-2-1-3-8-32/h1-15,24-25,31,46H,16-23,26-28H2,(H,48,49,54)/t31-/m1/s1. The van der Waals surface area contributed by atoms with E-state index < -0.39 is 37.8 Å². The van der Waals surface area contributed by atoms with E-state index in [1.165, 1.54) is 41.7 Å². The van der Waals surface area contributed by atoms with Gasteiger partial charge in [-0.15, -0.1) is 11.8 Å². The first-order valence-corrected chi connectivity index (χ1v) is 23.4. The molecule has 0 spiro atoms. The quantitative estimate of drug-likeness (QED) is 0.0423. The Balaban J connectivity index is 0.949. The third kappa shape index (κ3) is 10.3. The van der Waals surface area contributed by atoms with Crippen LogP contribution in [0.4, 0.5) is 26.7 Å². The molecule has 0 aliphatic carbocycles. The van der Waals surface area contributed by atoms with Crippen molar-refractivity contribution in [1.82, 2.24) is 14.9 Å². The third-order valence-corrected chi connectivity index (χ3v) is 14.5. The molecule has 2 N–H and O–H groups in total. The number of nitro benzene ring substituents is 1. The largest absolute Gasteiger partial charge is 0.379 e. The van der Waals surface area contributed by atoms with Crippen LogP contribution in [-0.4, -0.2) is 96.8 Å². The maximum Gasteiger partial charge on any atom is 0.293 e. The number of carbonyl (C=O) groups excluding carboxylic acids is 2. The molecule has 2 aromatic heterocycles. The molecule has 8 rings (SSSR count). The minimum absolute atomic E-state index is 0.0815. The summed E-state index contributed by atoms with van der Waals surface area (Å²) in [5.41, 5.74) is 2.44. The molecule has 62 heavy (non-hydrogen) atoms. The van der Waals surface area contributed by atoms with Crippen LogP contribution in [0.15, 0.2) is 113 Å². The fourth-order valence-corrected chi connectivity index (χ4v) is 10.6. The number of aromatic nitrogens is 2. The van der Waals surface area contributed by atoms with E-state index in [0.29, 0.717) is 65.1 Å². The first kappa shape index (κ1) is 42.9. The Morgan fingerprint density at radius 3 is 2.56 bits per heavy atom. The predicted octanol–water partition coefficient (Wildman–Crippen LogP) is 7.51. The Morgan fingerprint density at radius 1 is 0.952 bits per heavy atom. The van der Waals surface area contributed by atoms with Crippen LogP contribution in [0.5, 0.6) is 0 Å². The number of ketones is 1. The number of halogens is 1. The van der Waals surface area contributed by atoms with Gasteiger partial charge in [0, 0.05) is 61.0 Å². The summed E-state index contributed by atoms with van der Waals surface area (Å²) in [6, 6.07) is 27.8. The lowest BCUT2D eigenvalue weighted by Gasteiger charge is -2.31. The van der Waals surface area contributed by atoms with E-state index in [1.807, 2.05) is 47.4 Å². The van der Waals surface area contributed by atoms with Crippen LogP contribution in [0.25, 0.3) is 10.2 Å². The molecule has 0 unspecified atom stereocenters. The lowest BCUT2D eigenvalue weighted by molar-refractivity contribution is -0.384. The van der Waals surface area contributed by atoms with Gasteiger partial charge in [0.05, 0.1) is 33.2 Å². The number of nitrogens with one attached hydrogen (secondary N) is 2. The zero-order valence-electron chi connectivity index (χ0n) is 33.4. The predicted molar refractivity (Wildman–Crippen MR) is 239 cm³/mol. The SMILES string of the molecule is O=C(CS(=O)(=O)c1ccc(N[C@H](CCN2CCOCC2)CSc2ccccc2)c([N+](=O)[O-])c1)c1cccc(N2CCc3cccc(C(=O)Nc4nc5ccc(F)cc5s4)c3C2)n1. The Kier molecular flexibility index (Phi) is 13.2. The number of sulfone groups is 1. The van der Waals surface area contributed by atoms with Crippen molar-refractivity contribution in [1.29, 1.82) is 0 Å². The van der Waals surface area contributed by atoms with Gasteiger partial charge in [-0.3, -0.25) is 29.9 Å². The molecule has 2 aliphatic heterocycles. The fourth-order valence-electron chi connectivity index (χ4n) is 7.46. The van der Waals surface area contributed by atoms with Crippen molar-refractivity contribution in [2.45, 2.75) is 35.2 Å². The van der Waals surface area contributed by atoms with Gasteiger partial charge >= 0.3 is 0 Å². The number of ether oxygens (including phenoxy) is 1. The first-order chi connectivity index (χ1) is 30.0. The number of fused-ring (bicyclic) bond motifs is 2. The van der Waals surface area contributed by atoms with Gasteiger partial charge in [0.15, 0.2) is 20.8 Å². The van der Waals surface area contributed by atoms with Gasteiger partial charge in [0.1, 0.15) is 28.8 Å². The van der Waals surface area contributed by atoms with E-state index in [2.05, 4.69) is 25.5 Å². The van der Waals surface area contributed by atoms with Crippen molar-refractivity contribution in [2.75, 3.05) is 66.4 Å². The highest BCUT2D eigenvalue weighted by Gasteiger charge is 2.28. The average Bonchev–Trinajstić information content (AvgIpc) is 3.68. The minimum Gasteiger partial charge on any atom is -0.379 e. The van der Waals surface area contributed by atoms with Gasteiger partial charge in [-0.1, -0.05) is 47.7 Å². The molecule has 0 saturated carbocycles. The Bertz CT molecular complexity index is 2730. The second kappa shape index (κ2) is 19.1. The van der Waals surface area contributed by atoms with Crippen LogP contribution in [0.1, 0.15) is 38.4 Å². The summed E-state index contributed by atoms with van der Waals surface area (Å²) in [7, 11) is -4.33. The number of nitro groups is 1. The van der Waals surface area contributed by atoms with Crippen molar-refractivity contribution in [3.63, 3.8) is 0 Å². The van der Waals surface area contributed by atoms with Crippen molar-refractivity contribution in [3.05, 3.63) is 141 Å². The van der Waals surface area contributed by atoms with E-state index in [-0.39, 0.29) is 34.8 Å². The molecule has 4 heterocycles. The summed E-state index contributed by atoms with van der Waals surface area (Å²) in [6.45, 7) is 4.47. The maximum absolute atomic E-state index is 13.8. The average molecular weight is 896 g/mol. The van der Waals surface area contributed by atoms with Crippen molar-refractivity contribution >= 4 is 77.2 Å². The number of morpholine rings is 1. The second-order valence-electron chi connectivity index (χ2n) is 14.9. The summed E-state index contributed by atoms with van der Waals surface area (Å²) in [5.74, 6) is -1.46. The normalized spacial score (nSPS) is 14.9. The Morgan fingerprint density at radius 2 is 1.76 bits per heavy atom.